The molecule has 7 heteroatoms. The van der Waals surface area contributed by atoms with Crippen LogP contribution in [0.5, 0.6) is 11.5 Å². The predicted octanol–water partition coefficient (Wildman–Crippen LogP) is 4.26. The summed E-state index contributed by atoms with van der Waals surface area (Å²) in [5.41, 5.74) is 3.69. The zero-order chi connectivity index (χ0) is 23.2. The number of esters is 2. The van der Waals surface area contributed by atoms with Gasteiger partial charge in [-0.3, -0.25) is 0 Å². The highest BCUT2D eigenvalue weighted by Crippen LogP contribution is 2.30. The molecule has 0 aliphatic carbocycles. The van der Waals surface area contributed by atoms with Gasteiger partial charge in [0.25, 0.3) is 0 Å². The molecule has 4 rings (SSSR count). The number of nitrogens with zero attached hydrogens (tertiary/aromatic N) is 1. The van der Waals surface area contributed by atoms with Crippen LogP contribution in [0.3, 0.4) is 0 Å². The lowest BCUT2D eigenvalue weighted by molar-refractivity contribution is -0.143. The Kier molecular flexibility index (Phi) is 6.50. The number of aliphatic imine (C=N–C) groups is 1. The predicted molar refractivity (Wildman–Crippen MR) is 123 cm³/mol. The van der Waals surface area contributed by atoms with Gasteiger partial charge in [0.05, 0.1) is 14.2 Å². The van der Waals surface area contributed by atoms with Crippen LogP contribution in [0.1, 0.15) is 11.1 Å². The Morgan fingerprint density at radius 3 is 2.30 bits per heavy atom. The van der Waals surface area contributed by atoms with Gasteiger partial charge in [0, 0.05) is 5.56 Å². The highest BCUT2D eigenvalue weighted by atomic mass is 16.6. The summed E-state index contributed by atoms with van der Waals surface area (Å²) < 4.78 is 20.7. The van der Waals surface area contributed by atoms with Crippen molar-refractivity contribution in [2.45, 2.75) is 0 Å². The van der Waals surface area contributed by atoms with Crippen molar-refractivity contribution in [2.75, 3.05) is 20.8 Å². The van der Waals surface area contributed by atoms with E-state index in [4.69, 9.17) is 14.2 Å². The van der Waals surface area contributed by atoms with Crippen LogP contribution >= 0.6 is 0 Å². The van der Waals surface area contributed by atoms with E-state index in [1.807, 2.05) is 54.6 Å². The maximum atomic E-state index is 12.4. The van der Waals surface area contributed by atoms with Gasteiger partial charge in [0.2, 0.25) is 5.90 Å². The van der Waals surface area contributed by atoms with Crippen LogP contribution in [0.2, 0.25) is 0 Å². The molecule has 1 aliphatic rings. The van der Waals surface area contributed by atoms with E-state index in [-0.39, 0.29) is 18.2 Å². The van der Waals surface area contributed by atoms with Crippen molar-refractivity contribution in [3.05, 3.63) is 89.6 Å². The third kappa shape index (κ3) is 5.10. The number of ether oxygens (including phenoxy) is 4. The molecule has 7 nitrogen and oxygen atoms in total. The lowest BCUT2D eigenvalue weighted by atomic mass is 10.0. The molecular weight excluding hydrogens is 422 g/mol. The minimum atomic E-state index is -0.540. The molecule has 0 amide bonds. The van der Waals surface area contributed by atoms with Crippen molar-refractivity contribution in [3.8, 4) is 22.6 Å². The van der Waals surface area contributed by atoms with Crippen LogP contribution in [0.25, 0.3) is 17.2 Å². The van der Waals surface area contributed by atoms with Crippen LogP contribution in [-0.4, -0.2) is 38.7 Å². The molecule has 0 unspecified atom stereocenters. The van der Waals surface area contributed by atoms with Gasteiger partial charge in [-0.2, -0.15) is 0 Å². The van der Waals surface area contributed by atoms with Gasteiger partial charge in [0.15, 0.2) is 23.8 Å². The fourth-order valence-corrected chi connectivity index (χ4v) is 3.22. The van der Waals surface area contributed by atoms with Crippen molar-refractivity contribution in [3.63, 3.8) is 0 Å². The van der Waals surface area contributed by atoms with Gasteiger partial charge in [-0.15, -0.1) is 0 Å². The Morgan fingerprint density at radius 1 is 0.909 bits per heavy atom. The smallest absolute Gasteiger partial charge is 0.363 e. The molecule has 0 spiro atoms. The normalized spacial score (nSPS) is 13.9. The Labute approximate surface area is 190 Å². The zero-order valence-electron chi connectivity index (χ0n) is 18.1. The Balaban J connectivity index is 1.53. The molecule has 0 fully saturated rings. The van der Waals surface area contributed by atoms with Crippen LogP contribution in [-0.2, 0) is 19.1 Å². The SMILES string of the molecule is COC(=O)COc1ccc(/C=C2\N=C(c3ccc(-c4ccccc4)cc3)OC2=O)cc1OC. The Hall–Kier alpha value is -4.39. The fraction of sp³-hybridized carbons (Fsp3) is 0.115. The van der Waals surface area contributed by atoms with E-state index in [2.05, 4.69) is 9.73 Å². The molecule has 0 N–H and O–H groups in total. The number of carbonyl (C=O) groups excluding carboxylic acids is 2. The summed E-state index contributed by atoms with van der Waals surface area (Å²) in [6.45, 7) is -0.240. The fourth-order valence-electron chi connectivity index (χ4n) is 3.22. The second-order valence-electron chi connectivity index (χ2n) is 7.05. The number of hydrogen-bond donors (Lipinski definition) is 0. The summed E-state index contributed by atoms with van der Waals surface area (Å²) in [7, 11) is 2.77. The van der Waals surface area contributed by atoms with Gasteiger partial charge < -0.3 is 18.9 Å². The van der Waals surface area contributed by atoms with Crippen LogP contribution < -0.4 is 9.47 Å². The molecule has 0 bridgehead atoms. The number of cyclic esters (lactones) is 1. The maximum Gasteiger partial charge on any atom is 0.363 e. The maximum absolute atomic E-state index is 12.4. The van der Waals surface area contributed by atoms with Gasteiger partial charge in [-0.25, -0.2) is 14.6 Å². The highest BCUT2D eigenvalue weighted by molar-refractivity contribution is 6.13. The van der Waals surface area contributed by atoms with E-state index in [1.54, 1.807) is 24.3 Å². The number of benzene rings is 3. The molecular formula is C26H21NO6. The standard InChI is InChI=1S/C26H21NO6/c1-30-23-15-17(8-13-22(23)32-16-24(28)31-2)14-21-26(29)33-25(27-21)20-11-9-19(10-12-20)18-6-4-3-5-7-18/h3-15H,16H2,1-2H3/b21-14-. The topological polar surface area (TPSA) is 83.4 Å². The second kappa shape index (κ2) is 9.82. The third-order valence-electron chi connectivity index (χ3n) is 4.92. The Bertz CT molecular complexity index is 1230. The van der Waals surface area contributed by atoms with Gasteiger partial charge in [0.1, 0.15) is 0 Å². The quantitative estimate of drug-likeness (QED) is 0.401. The average molecular weight is 443 g/mol. The molecule has 0 saturated carbocycles. The van der Waals surface area contributed by atoms with E-state index in [1.165, 1.54) is 14.2 Å². The molecule has 1 heterocycles. The first-order chi connectivity index (χ1) is 16.1. The van der Waals surface area contributed by atoms with Crippen molar-refractivity contribution in [1.82, 2.24) is 0 Å². The molecule has 3 aromatic rings. The molecule has 0 radical (unpaired) electrons. The number of rotatable bonds is 7. The monoisotopic (exact) mass is 443 g/mol. The van der Waals surface area contributed by atoms with Crippen LogP contribution in [0.15, 0.2) is 83.5 Å². The van der Waals surface area contributed by atoms with Crippen LogP contribution in [0.4, 0.5) is 0 Å². The minimum Gasteiger partial charge on any atom is -0.493 e. The molecule has 3 aromatic carbocycles. The second-order valence-corrected chi connectivity index (χ2v) is 7.05. The van der Waals surface area contributed by atoms with E-state index < -0.39 is 11.9 Å². The summed E-state index contributed by atoms with van der Waals surface area (Å²) in [4.78, 5) is 28.0. The molecule has 0 aromatic heterocycles. The van der Waals surface area contributed by atoms with E-state index in [9.17, 15) is 9.59 Å². The van der Waals surface area contributed by atoms with E-state index in [0.29, 0.717) is 22.6 Å². The third-order valence-corrected chi connectivity index (χ3v) is 4.92. The van der Waals surface area contributed by atoms with E-state index >= 15 is 0 Å². The molecule has 166 valence electrons. The van der Waals surface area contributed by atoms with Crippen LogP contribution in [0, 0.1) is 0 Å². The Morgan fingerprint density at radius 2 is 1.61 bits per heavy atom. The molecule has 33 heavy (non-hydrogen) atoms. The van der Waals surface area contributed by atoms with Crippen molar-refractivity contribution in [2.24, 2.45) is 4.99 Å². The first-order valence-corrected chi connectivity index (χ1v) is 10.1. The summed E-state index contributed by atoms with van der Waals surface area (Å²) in [5.74, 6) is -0.0179. The van der Waals surface area contributed by atoms with Crippen molar-refractivity contribution >= 4 is 23.9 Å². The van der Waals surface area contributed by atoms with Crippen molar-refractivity contribution < 1.29 is 28.5 Å². The average Bonchev–Trinajstić information content (AvgIpc) is 3.23. The lowest BCUT2D eigenvalue weighted by Crippen LogP contribution is -2.12. The zero-order valence-corrected chi connectivity index (χ0v) is 18.1. The first-order valence-electron chi connectivity index (χ1n) is 10.1. The minimum absolute atomic E-state index is 0.169. The van der Waals surface area contributed by atoms with Gasteiger partial charge >= 0.3 is 11.9 Å². The largest absolute Gasteiger partial charge is 0.493 e. The summed E-state index contributed by atoms with van der Waals surface area (Å²) in [5, 5.41) is 0. The first kappa shape index (κ1) is 21.8. The van der Waals surface area contributed by atoms with Gasteiger partial charge in [-0.05, 0) is 47.0 Å². The number of hydrogen-bond acceptors (Lipinski definition) is 7. The van der Waals surface area contributed by atoms with Gasteiger partial charge in [-0.1, -0.05) is 48.5 Å². The number of carbonyl (C=O) groups is 2. The molecule has 1 aliphatic heterocycles. The highest BCUT2D eigenvalue weighted by Gasteiger charge is 2.24. The number of methoxy groups -OCH3 is 2. The van der Waals surface area contributed by atoms with Crippen molar-refractivity contribution in [1.29, 1.82) is 0 Å². The lowest BCUT2D eigenvalue weighted by Gasteiger charge is -2.10. The summed E-state index contributed by atoms with van der Waals surface area (Å²) in [6, 6.07) is 22.7. The van der Waals surface area contributed by atoms with E-state index in [0.717, 1.165) is 11.1 Å². The summed E-state index contributed by atoms with van der Waals surface area (Å²) >= 11 is 0. The molecule has 0 atom stereocenters. The molecule has 0 saturated heterocycles. The summed E-state index contributed by atoms with van der Waals surface area (Å²) in [6.07, 6.45) is 1.60.